The second-order valence-corrected chi connectivity index (χ2v) is 1.44. The number of methoxy groups -OCH3 is 1. The number of aromatic amines is 1. The summed E-state index contributed by atoms with van der Waals surface area (Å²) in [6.07, 6.45) is -0.902. The Morgan fingerprint density at radius 1 is 1.80 bits per heavy atom. The van der Waals surface area contributed by atoms with Crippen LogP contribution in [-0.2, 0) is 4.74 Å². The number of H-pyrrole nitrogens is 1. The highest BCUT2D eigenvalue weighted by molar-refractivity contribution is 5.84. The van der Waals surface area contributed by atoms with Crippen LogP contribution in [0.15, 0.2) is 0 Å². The summed E-state index contributed by atoms with van der Waals surface area (Å²) in [5.74, 6) is -1.07. The van der Waals surface area contributed by atoms with Gasteiger partial charge >= 0.3 is 12.0 Å². The molecule has 0 aliphatic carbocycles. The van der Waals surface area contributed by atoms with Gasteiger partial charge in [0, 0.05) is 0 Å². The van der Waals surface area contributed by atoms with Crippen molar-refractivity contribution in [1.29, 1.82) is 0 Å². The largest absolute Gasteiger partial charge is 0.463 e. The number of esters is 1. The Labute approximate surface area is 55.2 Å². The number of aromatic nitrogens is 3. The molecule has 1 N–H and O–H groups in total. The summed E-state index contributed by atoms with van der Waals surface area (Å²) in [4.78, 5) is 13.6. The van der Waals surface area contributed by atoms with E-state index in [0.717, 1.165) is 7.11 Å². The molecule has 0 aromatic carbocycles. The Kier molecular flexibility index (Phi) is 1.61. The topological polar surface area (TPSA) is 67.9 Å². The number of hydrogen-bond donors (Lipinski definition) is 1. The molecular formula is C4H4FN3O2. The minimum atomic E-state index is -0.902. The second kappa shape index (κ2) is 2.42. The van der Waals surface area contributed by atoms with E-state index in [1.165, 1.54) is 0 Å². The van der Waals surface area contributed by atoms with Crippen LogP contribution < -0.4 is 0 Å². The summed E-state index contributed by atoms with van der Waals surface area (Å²) >= 11 is 0. The highest BCUT2D eigenvalue weighted by Crippen LogP contribution is 1.91. The fourth-order valence-corrected chi connectivity index (χ4v) is 0.425. The van der Waals surface area contributed by atoms with Gasteiger partial charge in [0.2, 0.25) is 0 Å². The van der Waals surface area contributed by atoms with Crippen LogP contribution in [0.5, 0.6) is 0 Å². The number of hydrogen-bond acceptors (Lipinski definition) is 4. The first-order valence-corrected chi connectivity index (χ1v) is 2.40. The summed E-state index contributed by atoms with van der Waals surface area (Å²) < 4.78 is 16.2. The third kappa shape index (κ3) is 1.09. The molecule has 1 rings (SSSR count). The van der Waals surface area contributed by atoms with E-state index in [4.69, 9.17) is 0 Å². The number of halogens is 1. The molecule has 0 radical (unpaired) electrons. The van der Waals surface area contributed by atoms with Crippen LogP contribution in [0.4, 0.5) is 4.39 Å². The maximum absolute atomic E-state index is 12.0. The molecule has 10 heavy (non-hydrogen) atoms. The summed E-state index contributed by atoms with van der Waals surface area (Å²) in [5.41, 5.74) is 0. The summed E-state index contributed by atoms with van der Waals surface area (Å²) in [6.45, 7) is 0. The van der Waals surface area contributed by atoms with E-state index in [-0.39, 0.29) is 5.82 Å². The molecule has 0 saturated heterocycles. The van der Waals surface area contributed by atoms with Crippen molar-refractivity contribution in [2.75, 3.05) is 7.11 Å². The number of nitrogens with one attached hydrogen (secondary N) is 1. The molecule has 1 heterocycles. The van der Waals surface area contributed by atoms with Crippen LogP contribution in [0, 0.1) is 6.08 Å². The summed E-state index contributed by atoms with van der Waals surface area (Å²) in [6, 6.07) is 0. The highest BCUT2D eigenvalue weighted by atomic mass is 19.1. The number of rotatable bonds is 1. The van der Waals surface area contributed by atoms with Crippen LogP contribution in [0.2, 0.25) is 0 Å². The second-order valence-electron chi connectivity index (χ2n) is 1.44. The van der Waals surface area contributed by atoms with Crippen molar-refractivity contribution >= 4 is 5.97 Å². The van der Waals surface area contributed by atoms with Crippen LogP contribution in [0.3, 0.4) is 0 Å². The van der Waals surface area contributed by atoms with Crippen LogP contribution in [0.25, 0.3) is 0 Å². The van der Waals surface area contributed by atoms with E-state index >= 15 is 0 Å². The molecule has 0 aliphatic heterocycles. The molecule has 6 heteroatoms. The van der Waals surface area contributed by atoms with Gasteiger partial charge in [-0.2, -0.15) is 9.37 Å². The lowest BCUT2D eigenvalue weighted by atomic mass is 10.6. The first-order valence-electron chi connectivity index (χ1n) is 2.40. The van der Waals surface area contributed by atoms with Crippen molar-refractivity contribution in [1.82, 2.24) is 15.2 Å². The van der Waals surface area contributed by atoms with Crippen LogP contribution >= 0.6 is 0 Å². The SMILES string of the molecule is COC(=O)c1n[nH]c(F)n1. The smallest absolute Gasteiger partial charge is 0.378 e. The molecule has 0 unspecified atom stereocenters. The predicted molar refractivity (Wildman–Crippen MR) is 27.7 cm³/mol. The Bertz CT molecular complexity index is 246. The Morgan fingerprint density at radius 2 is 2.50 bits per heavy atom. The molecule has 0 bridgehead atoms. The molecule has 1 aromatic rings. The number of nitrogens with zero attached hydrogens (tertiary/aromatic N) is 2. The zero-order valence-electron chi connectivity index (χ0n) is 5.09. The van der Waals surface area contributed by atoms with Crippen LogP contribution in [-0.4, -0.2) is 28.3 Å². The third-order valence-corrected chi connectivity index (χ3v) is 0.826. The molecule has 54 valence electrons. The Hall–Kier alpha value is -1.46. The monoisotopic (exact) mass is 145 g/mol. The molecule has 1 aromatic heterocycles. The zero-order valence-corrected chi connectivity index (χ0v) is 5.09. The fraction of sp³-hybridized carbons (Fsp3) is 0.250. The highest BCUT2D eigenvalue weighted by Gasteiger charge is 2.11. The Balaban J connectivity index is 2.85. The molecule has 0 amide bonds. The predicted octanol–water partition coefficient (Wildman–Crippen LogP) is -0.270. The lowest BCUT2D eigenvalue weighted by Gasteiger charge is -1.87. The quantitative estimate of drug-likeness (QED) is 0.552. The molecular weight excluding hydrogens is 141 g/mol. The lowest BCUT2D eigenvalue weighted by molar-refractivity contribution is 0.0587. The van der Waals surface area contributed by atoms with E-state index in [1.807, 2.05) is 5.10 Å². The number of ether oxygens (including phenoxy) is 1. The first kappa shape index (κ1) is 6.66. The van der Waals surface area contributed by atoms with E-state index < -0.39 is 12.0 Å². The number of carbonyl (C=O) groups excluding carboxylic acids is 1. The van der Waals surface area contributed by atoms with Gasteiger partial charge < -0.3 is 4.74 Å². The van der Waals surface area contributed by atoms with Gasteiger partial charge in [0.15, 0.2) is 0 Å². The van der Waals surface area contributed by atoms with Gasteiger partial charge in [-0.25, -0.2) is 9.89 Å². The van der Waals surface area contributed by atoms with Gasteiger partial charge in [0.05, 0.1) is 7.11 Å². The van der Waals surface area contributed by atoms with E-state index in [2.05, 4.69) is 14.8 Å². The lowest BCUT2D eigenvalue weighted by Crippen LogP contribution is -2.03. The van der Waals surface area contributed by atoms with Gasteiger partial charge in [0.1, 0.15) is 0 Å². The third-order valence-electron chi connectivity index (χ3n) is 0.826. The van der Waals surface area contributed by atoms with E-state index in [9.17, 15) is 9.18 Å². The molecule has 0 atom stereocenters. The van der Waals surface area contributed by atoms with Gasteiger partial charge in [-0.05, 0) is 0 Å². The molecule has 0 spiro atoms. The zero-order chi connectivity index (χ0) is 7.56. The minimum Gasteiger partial charge on any atom is -0.463 e. The fourth-order valence-electron chi connectivity index (χ4n) is 0.425. The van der Waals surface area contributed by atoms with Crippen molar-refractivity contribution in [3.8, 4) is 0 Å². The van der Waals surface area contributed by atoms with Crippen LogP contribution in [0.1, 0.15) is 10.6 Å². The molecule has 0 saturated carbocycles. The van der Waals surface area contributed by atoms with Crippen molar-refractivity contribution in [3.05, 3.63) is 11.9 Å². The van der Waals surface area contributed by atoms with Crippen molar-refractivity contribution < 1.29 is 13.9 Å². The Morgan fingerprint density at radius 3 is 2.90 bits per heavy atom. The summed E-state index contributed by atoms with van der Waals surface area (Å²) in [7, 11) is 1.16. The van der Waals surface area contributed by atoms with Crippen molar-refractivity contribution in [2.24, 2.45) is 0 Å². The number of carbonyl (C=O) groups is 1. The molecule has 0 fully saturated rings. The average Bonchev–Trinajstić information content (AvgIpc) is 2.34. The summed E-state index contributed by atoms with van der Waals surface area (Å²) in [5, 5.41) is 5.06. The van der Waals surface area contributed by atoms with Gasteiger partial charge in [0.25, 0.3) is 5.82 Å². The van der Waals surface area contributed by atoms with Crippen molar-refractivity contribution in [2.45, 2.75) is 0 Å². The van der Waals surface area contributed by atoms with E-state index in [0.29, 0.717) is 0 Å². The maximum Gasteiger partial charge on any atom is 0.378 e. The maximum atomic E-state index is 12.0. The van der Waals surface area contributed by atoms with Gasteiger partial charge in [-0.15, -0.1) is 5.10 Å². The van der Waals surface area contributed by atoms with Gasteiger partial charge in [-0.3, -0.25) is 0 Å². The average molecular weight is 145 g/mol. The normalized spacial score (nSPS) is 9.40. The van der Waals surface area contributed by atoms with Gasteiger partial charge in [-0.1, -0.05) is 0 Å². The standard InChI is InChI=1S/C4H4FN3O2/c1-10-3(9)2-6-4(5)8-7-2/h1H3,(H,6,7,8). The van der Waals surface area contributed by atoms with Crippen molar-refractivity contribution in [3.63, 3.8) is 0 Å². The van der Waals surface area contributed by atoms with E-state index in [1.54, 1.807) is 0 Å². The molecule has 5 nitrogen and oxygen atoms in total. The minimum absolute atomic E-state index is 0.306. The molecule has 0 aliphatic rings. The first-order chi connectivity index (χ1) is 4.74.